The molecule has 5 heteroatoms. The average Bonchev–Trinajstić information content (AvgIpc) is 3.17. The quantitative estimate of drug-likeness (QED) is 0.626. The Labute approximate surface area is 147 Å². The lowest BCUT2D eigenvalue weighted by atomic mass is 9.86. The maximum Gasteiger partial charge on any atom is 0.261 e. The number of imide groups is 1. The predicted octanol–water partition coefficient (Wildman–Crippen LogP) is 2.49. The summed E-state index contributed by atoms with van der Waals surface area (Å²) in [6.45, 7) is 2.00. The summed E-state index contributed by atoms with van der Waals surface area (Å²) < 4.78 is 0. The highest BCUT2D eigenvalue weighted by atomic mass is 16.2. The number of likely N-dealkylation sites (tertiary alicyclic amines) is 1. The molecule has 1 saturated heterocycles. The maximum atomic E-state index is 12.5. The van der Waals surface area contributed by atoms with Crippen LogP contribution >= 0.6 is 0 Å². The second kappa shape index (κ2) is 6.47. The van der Waals surface area contributed by atoms with E-state index >= 15 is 0 Å². The molecule has 3 aliphatic rings. The molecular formula is C20H22N2O3. The van der Waals surface area contributed by atoms with E-state index in [1.165, 1.54) is 4.90 Å². The third-order valence-corrected chi connectivity index (χ3v) is 5.62. The molecule has 4 rings (SSSR count). The first kappa shape index (κ1) is 16.1. The minimum Gasteiger partial charge on any atom is -0.342 e. The van der Waals surface area contributed by atoms with Crippen molar-refractivity contribution in [2.75, 3.05) is 19.6 Å². The van der Waals surface area contributed by atoms with E-state index in [-0.39, 0.29) is 17.7 Å². The first-order valence-corrected chi connectivity index (χ1v) is 9.03. The molecule has 2 atom stereocenters. The highest BCUT2D eigenvalue weighted by Gasteiger charge is 2.36. The van der Waals surface area contributed by atoms with Gasteiger partial charge in [-0.3, -0.25) is 19.3 Å². The second-order valence-electron chi connectivity index (χ2n) is 7.17. The number of benzene rings is 1. The molecule has 0 spiro atoms. The molecule has 0 N–H and O–H groups in total. The molecule has 2 heterocycles. The van der Waals surface area contributed by atoms with Gasteiger partial charge in [0.05, 0.1) is 11.1 Å². The van der Waals surface area contributed by atoms with Crippen LogP contribution in [0.1, 0.15) is 46.4 Å². The molecule has 3 amide bonds. The normalized spacial score (nSPS) is 24.6. The van der Waals surface area contributed by atoms with Crippen molar-refractivity contribution >= 4 is 17.7 Å². The van der Waals surface area contributed by atoms with Crippen molar-refractivity contribution < 1.29 is 14.4 Å². The van der Waals surface area contributed by atoms with Crippen LogP contribution in [0.25, 0.3) is 0 Å². The zero-order chi connectivity index (χ0) is 17.4. The summed E-state index contributed by atoms with van der Waals surface area (Å²) in [5.41, 5.74) is 0.935. The largest absolute Gasteiger partial charge is 0.342 e. The Kier molecular flexibility index (Phi) is 4.15. The summed E-state index contributed by atoms with van der Waals surface area (Å²) in [5, 5.41) is 0. The number of carbonyl (C=O) groups is 3. The predicted molar refractivity (Wildman–Crippen MR) is 93.0 cm³/mol. The van der Waals surface area contributed by atoms with Crippen LogP contribution in [0.15, 0.2) is 36.4 Å². The van der Waals surface area contributed by atoms with Gasteiger partial charge in [0.15, 0.2) is 0 Å². The van der Waals surface area contributed by atoms with Gasteiger partial charge in [0, 0.05) is 26.1 Å². The van der Waals surface area contributed by atoms with Crippen molar-refractivity contribution in [2.24, 2.45) is 11.8 Å². The summed E-state index contributed by atoms with van der Waals surface area (Å²) in [4.78, 5) is 40.3. The van der Waals surface area contributed by atoms with Gasteiger partial charge >= 0.3 is 0 Å². The van der Waals surface area contributed by atoms with E-state index < -0.39 is 0 Å². The third kappa shape index (κ3) is 2.88. The SMILES string of the molecule is O=C(CCCN1C(=O)c2ccccc2C1=O)N1CC2CC=CCC2C1. The Morgan fingerprint density at radius 2 is 1.52 bits per heavy atom. The molecule has 2 unspecified atom stereocenters. The Balaban J connectivity index is 1.29. The Morgan fingerprint density at radius 3 is 2.08 bits per heavy atom. The molecular weight excluding hydrogens is 316 g/mol. The van der Waals surface area contributed by atoms with Crippen molar-refractivity contribution in [2.45, 2.75) is 25.7 Å². The van der Waals surface area contributed by atoms with Crippen LogP contribution in [0, 0.1) is 11.8 Å². The molecule has 0 saturated carbocycles. The van der Waals surface area contributed by atoms with Gasteiger partial charge in [0.2, 0.25) is 5.91 Å². The number of amides is 3. The van der Waals surface area contributed by atoms with Crippen molar-refractivity contribution in [3.63, 3.8) is 0 Å². The lowest BCUT2D eigenvalue weighted by Gasteiger charge is -2.18. The van der Waals surface area contributed by atoms with Crippen LogP contribution in [-0.4, -0.2) is 47.2 Å². The standard InChI is InChI=1S/C20H22N2O3/c23-18(21-12-14-6-1-2-7-15(14)13-21)10-5-11-22-19(24)16-8-3-4-9-17(16)20(22)25/h1-4,8-9,14-15H,5-7,10-13H2. The first-order valence-electron chi connectivity index (χ1n) is 9.03. The van der Waals surface area contributed by atoms with Gasteiger partial charge in [0.1, 0.15) is 0 Å². The van der Waals surface area contributed by atoms with Crippen molar-refractivity contribution in [3.8, 4) is 0 Å². The molecule has 130 valence electrons. The fraction of sp³-hybridized carbons (Fsp3) is 0.450. The van der Waals surface area contributed by atoms with E-state index in [4.69, 9.17) is 0 Å². The van der Waals surface area contributed by atoms with E-state index in [1.807, 2.05) is 4.90 Å². The lowest BCUT2D eigenvalue weighted by molar-refractivity contribution is -0.130. The van der Waals surface area contributed by atoms with E-state index in [0.717, 1.165) is 25.9 Å². The van der Waals surface area contributed by atoms with Gasteiger partial charge in [0.25, 0.3) is 11.8 Å². The molecule has 1 fully saturated rings. The number of nitrogens with zero attached hydrogens (tertiary/aromatic N) is 2. The summed E-state index contributed by atoms with van der Waals surface area (Å²) in [5.74, 6) is 0.860. The van der Waals surface area contributed by atoms with Crippen LogP contribution in [0.4, 0.5) is 0 Å². The highest BCUT2D eigenvalue weighted by molar-refractivity contribution is 6.21. The van der Waals surface area contributed by atoms with Crippen LogP contribution in [0.5, 0.6) is 0 Å². The molecule has 25 heavy (non-hydrogen) atoms. The van der Waals surface area contributed by atoms with E-state index in [2.05, 4.69) is 12.2 Å². The Morgan fingerprint density at radius 1 is 0.960 bits per heavy atom. The van der Waals surface area contributed by atoms with Crippen molar-refractivity contribution in [1.29, 1.82) is 0 Å². The van der Waals surface area contributed by atoms with E-state index in [1.54, 1.807) is 24.3 Å². The van der Waals surface area contributed by atoms with Gasteiger partial charge in [-0.25, -0.2) is 0 Å². The monoisotopic (exact) mass is 338 g/mol. The zero-order valence-corrected chi connectivity index (χ0v) is 14.2. The molecule has 2 aliphatic heterocycles. The molecule has 1 aliphatic carbocycles. The third-order valence-electron chi connectivity index (χ3n) is 5.62. The van der Waals surface area contributed by atoms with Crippen LogP contribution in [-0.2, 0) is 4.79 Å². The van der Waals surface area contributed by atoms with E-state index in [0.29, 0.717) is 42.3 Å². The van der Waals surface area contributed by atoms with Crippen LogP contribution in [0.2, 0.25) is 0 Å². The number of hydrogen-bond acceptors (Lipinski definition) is 3. The summed E-state index contributed by atoms with van der Waals surface area (Å²) >= 11 is 0. The number of hydrogen-bond donors (Lipinski definition) is 0. The second-order valence-corrected chi connectivity index (χ2v) is 7.17. The van der Waals surface area contributed by atoms with Gasteiger partial charge in [-0.2, -0.15) is 0 Å². The van der Waals surface area contributed by atoms with Crippen LogP contribution < -0.4 is 0 Å². The van der Waals surface area contributed by atoms with Gasteiger partial charge in [-0.15, -0.1) is 0 Å². The lowest BCUT2D eigenvalue weighted by Crippen LogP contribution is -2.33. The molecule has 5 nitrogen and oxygen atoms in total. The zero-order valence-electron chi connectivity index (χ0n) is 14.2. The minimum absolute atomic E-state index is 0.144. The molecule has 0 radical (unpaired) electrons. The van der Waals surface area contributed by atoms with Crippen molar-refractivity contribution in [1.82, 2.24) is 9.80 Å². The number of fused-ring (bicyclic) bond motifs is 2. The smallest absolute Gasteiger partial charge is 0.261 e. The summed E-state index contributed by atoms with van der Waals surface area (Å²) in [6.07, 6.45) is 7.50. The molecule has 1 aromatic rings. The fourth-order valence-corrected chi connectivity index (χ4v) is 4.21. The van der Waals surface area contributed by atoms with Crippen molar-refractivity contribution in [3.05, 3.63) is 47.5 Å². The van der Waals surface area contributed by atoms with Crippen LogP contribution in [0.3, 0.4) is 0 Å². The van der Waals surface area contributed by atoms with Gasteiger partial charge in [-0.1, -0.05) is 24.3 Å². The highest BCUT2D eigenvalue weighted by Crippen LogP contribution is 2.33. The minimum atomic E-state index is -0.244. The number of allylic oxidation sites excluding steroid dienone is 2. The number of rotatable bonds is 4. The Bertz CT molecular complexity index is 704. The topological polar surface area (TPSA) is 57.7 Å². The molecule has 1 aromatic carbocycles. The summed E-state index contributed by atoms with van der Waals surface area (Å²) in [7, 11) is 0. The molecule has 0 bridgehead atoms. The Hall–Kier alpha value is -2.43. The first-order chi connectivity index (χ1) is 12.1. The summed E-state index contributed by atoms with van der Waals surface area (Å²) in [6, 6.07) is 6.89. The van der Waals surface area contributed by atoms with Gasteiger partial charge in [-0.05, 0) is 43.2 Å². The maximum absolute atomic E-state index is 12.5. The van der Waals surface area contributed by atoms with Gasteiger partial charge < -0.3 is 4.90 Å². The average molecular weight is 338 g/mol. The fourth-order valence-electron chi connectivity index (χ4n) is 4.21. The molecule has 0 aromatic heterocycles. The number of carbonyl (C=O) groups excluding carboxylic acids is 3. The van der Waals surface area contributed by atoms with E-state index in [9.17, 15) is 14.4 Å².